The number of phenols is 1. The molecule has 1 aromatic rings. The fourth-order valence-electron chi connectivity index (χ4n) is 1.31. The predicted octanol–water partition coefficient (Wildman–Crippen LogP) is 1.34. The van der Waals surface area contributed by atoms with Gasteiger partial charge in [0.25, 0.3) is 0 Å². The lowest BCUT2D eigenvalue weighted by molar-refractivity contribution is -0.136. The highest BCUT2D eigenvalue weighted by Gasteiger charge is 2.27. The summed E-state index contributed by atoms with van der Waals surface area (Å²) >= 11 is 1.18. The Morgan fingerprint density at radius 1 is 1.47 bits per heavy atom. The number of carbonyl (C=O) groups is 1. The first-order valence-corrected chi connectivity index (χ1v) is 5.28. The first-order chi connectivity index (χ1) is 7.18. The zero-order valence-corrected chi connectivity index (χ0v) is 8.57. The van der Waals surface area contributed by atoms with E-state index in [4.69, 9.17) is 5.11 Å². The van der Waals surface area contributed by atoms with Crippen molar-refractivity contribution in [2.75, 3.05) is 6.54 Å². The van der Waals surface area contributed by atoms with Gasteiger partial charge in [0.1, 0.15) is 16.0 Å². The molecule has 1 aromatic carbocycles. The summed E-state index contributed by atoms with van der Waals surface area (Å²) in [4.78, 5) is 14.8. The zero-order chi connectivity index (χ0) is 10.8. The molecule has 0 spiro atoms. The summed E-state index contributed by atoms with van der Waals surface area (Å²) in [5.74, 6) is -0.732. The number of benzene rings is 1. The highest BCUT2D eigenvalue weighted by atomic mass is 32.2. The van der Waals surface area contributed by atoms with Crippen molar-refractivity contribution in [1.82, 2.24) is 0 Å². The highest BCUT2D eigenvalue weighted by Crippen LogP contribution is 2.29. The number of hydrogen-bond acceptors (Lipinski definition) is 4. The molecule has 0 saturated heterocycles. The van der Waals surface area contributed by atoms with Gasteiger partial charge in [-0.15, -0.1) is 0 Å². The van der Waals surface area contributed by atoms with Gasteiger partial charge in [-0.1, -0.05) is 23.9 Å². The number of carboxylic acids is 1. The lowest BCUT2D eigenvalue weighted by atomic mass is 10.2. The van der Waals surface area contributed by atoms with E-state index in [0.717, 1.165) is 0 Å². The Morgan fingerprint density at radius 3 is 2.80 bits per heavy atom. The van der Waals surface area contributed by atoms with Crippen LogP contribution in [0.25, 0.3) is 0 Å². The maximum Gasteiger partial charge on any atom is 0.318 e. The van der Waals surface area contributed by atoms with Gasteiger partial charge in [-0.2, -0.15) is 0 Å². The Labute approximate surface area is 90.7 Å². The fraction of sp³-hybridized carbons (Fsp3) is 0.200. The normalized spacial score (nSPS) is 20.0. The van der Waals surface area contributed by atoms with Crippen molar-refractivity contribution < 1.29 is 15.0 Å². The van der Waals surface area contributed by atoms with Gasteiger partial charge < -0.3 is 10.2 Å². The van der Waals surface area contributed by atoms with Crippen molar-refractivity contribution in [2.24, 2.45) is 4.99 Å². The number of nitrogens with zero attached hydrogens (tertiary/aromatic N) is 1. The number of para-hydroxylation sites is 1. The van der Waals surface area contributed by atoms with Crippen molar-refractivity contribution in [1.29, 1.82) is 0 Å². The molecule has 0 amide bonds. The standard InChI is InChI=1S/C10H9NO3S/c12-7-4-2-1-3-6(7)9-11-5-8(15-9)10(13)14/h1-4,8,12H,5H2,(H,13,14). The van der Waals surface area contributed by atoms with Gasteiger partial charge in [0.05, 0.1) is 6.54 Å². The van der Waals surface area contributed by atoms with Gasteiger partial charge in [-0.25, -0.2) is 0 Å². The number of hydrogen-bond donors (Lipinski definition) is 2. The molecule has 0 saturated carbocycles. The lowest BCUT2D eigenvalue weighted by Crippen LogP contribution is -2.16. The second-order valence-electron chi connectivity index (χ2n) is 3.11. The Bertz CT molecular complexity index is 430. The number of aliphatic carboxylic acids is 1. The molecule has 1 unspecified atom stereocenters. The lowest BCUT2D eigenvalue weighted by Gasteiger charge is -2.03. The van der Waals surface area contributed by atoms with Gasteiger partial charge in [0, 0.05) is 5.56 Å². The molecule has 1 heterocycles. The van der Waals surface area contributed by atoms with Gasteiger partial charge in [0.15, 0.2) is 0 Å². The van der Waals surface area contributed by atoms with E-state index >= 15 is 0 Å². The monoisotopic (exact) mass is 223 g/mol. The van der Waals surface area contributed by atoms with Crippen LogP contribution in [-0.4, -0.2) is 33.0 Å². The van der Waals surface area contributed by atoms with Crippen molar-refractivity contribution >= 4 is 22.8 Å². The van der Waals surface area contributed by atoms with E-state index in [-0.39, 0.29) is 12.3 Å². The molecule has 1 aliphatic heterocycles. The molecule has 5 heteroatoms. The molecule has 78 valence electrons. The predicted molar refractivity (Wildman–Crippen MR) is 58.5 cm³/mol. The maximum absolute atomic E-state index is 10.7. The summed E-state index contributed by atoms with van der Waals surface area (Å²) in [6.45, 7) is 0.268. The molecule has 1 atom stereocenters. The summed E-state index contributed by atoms with van der Waals surface area (Å²) in [7, 11) is 0. The SMILES string of the molecule is O=C(O)C1CN=C(c2ccccc2O)S1. The van der Waals surface area contributed by atoms with Crippen LogP contribution in [0.4, 0.5) is 0 Å². The third-order valence-electron chi connectivity index (χ3n) is 2.06. The Morgan fingerprint density at radius 2 is 2.20 bits per heavy atom. The van der Waals surface area contributed by atoms with Crippen LogP contribution in [0.3, 0.4) is 0 Å². The van der Waals surface area contributed by atoms with Crippen LogP contribution in [0.2, 0.25) is 0 Å². The van der Waals surface area contributed by atoms with E-state index in [9.17, 15) is 9.90 Å². The molecule has 0 aliphatic carbocycles. The van der Waals surface area contributed by atoms with Crippen LogP contribution >= 0.6 is 11.8 Å². The molecule has 0 fully saturated rings. The van der Waals surface area contributed by atoms with Gasteiger partial charge in [0.2, 0.25) is 0 Å². The summed E-state index contributed by atoms with van der Waals surface area (Å²) in [6.07, 6.45) is 0. The van der Waals surface area contributed by atoms with Gasteiger partial charge >= 0.3 is 5.97 Å². The van der Waals surface area contributed by atoms with Crippen LogP contribution < -0.4 is 0 Å². The molecule has 15 heavy (non-hydrogen) atoms. The number of rotatable bonds is 2. The smallest absolute Gasteiger partial charge is 0.318 e. The van der Waals surface area contributed by atoms with Gasteiger partial charge in [-0.05, 0) is 12.1 Å². The van der Waals surface area contributed by atoms with Crippen LogP contribution in [0.15, 0.2) is 29.3 Å². The second-order valence-corrected chi connectivity index (χ2v) is 4.30. The van der Waals surface area contributed by atoms with E-state index in [1.807, 2.05) is 0 Å². The van der Waals surface area contributed by atoms with E-state index in [1.165, 1.54) is 11.8 Å². The molecule has 0 aromatic heterocycles. The van der Waals surface area contributed by atoms with Crippen LogP contribution in [-0.2, 0) is 4.79 Å². The molecule has 2 N–H and O–H groups in total. The first kappa shape index (κ1) is 10.0. The number of phenolic OH excluding ortho intramolecular Hbond substituents is 1. The van der Waals surface area contributed by atoms with E-state index in [0.29, 0.717) is 10.6 Å². The second kappa shape index (κ2) is 3.94. The largest absolute Gasteiger partial charge is 0.507 e. The zero-order valence-electron chi connectivity index (χ0n) is 7.75. The van der Waals surface area contributed by atoms with Crippen molar-refractivity contribution in [3.8, 4) is 5.75 Å². The number of aromatic hydroxyl groups is 1. The average Bonchev–Trinajstić information content (AvgIpc) is 2.67. The third-order valence-corrected chi connectivity index (χ3v) is 3.27. The van der Waals surface area contributed by atoms with Crippen molar-refractivity contribution in [3.05, 3.63) is 29.8 Å². The van der Waals surface area contributed by atoms with Crippen LogP contribution in [0, 0.1) is 0 Å². The number of thioether (sulfide) groups is 1. The minimum absolute atomic E-state index is 0.134. The molecule has 0 bridgehead atoms. The van der Waals surface area contributed by atoms with E-state index < -0.39 is 11.2 Å². The third kappa shape index (κ3) is 1.97. The van der Waals surface area contributed by atoms with Crippen molar-refractivity contribution in [3.63, 3.8) is 0 Å². The molecular formula is C10H9NO3S. The molecular weight excluding hydrogens is 214 g/mol. The van der Waals surface area contributed by atoms with E-state index in [2.05, 4.69) is 4.99 Å². The topological polar surface area (TPSA) is 69.9 Å². The molecule has 4 nitrogen and oxygen atoms in total. The molecule has 2 rings (SSSR count). The highest BCUT2D eigenvalue weighted by molar-refractivity contribution is 8.15. The Kier molecular flexibility index (Phi) is 2.64. The maximum atomic E-state index is 10.7. The first-order valence-electron chi connectivity index (χ1n) is 4.41. The quantitative estimate of drug-likeness (QED) is 0.793. The summed E-state index contributed by atoms with van der Waals surface area (Å²) in [5.41, 5.74) is 0.603. The summed E-state index contributed by atoms with van der Waals surface area (Å²) in [6, 6.07) is 6.79. The summed E-state index contributed by atoms with van der Waals surface area (Å²) in [5, 5.41) is 18.4. The minimum atomic E-state index is -0.867. The Hall–Kier alpha value is -1.49. The van der Waals surface area contributed by atoms with Crippen LogP contribution in [0.1, 0.15) is 5.56 Å². The van der Waals surface area contributed by atoms with E-state index in [1.54, 1.807) is 24.3 Å². The molecule has 1 aliphatic rings. The van der Waals surface area contributed by atoms with Gasteiger partial charge in [-0.3, -0.25) is 9.79 Å². The van der Waals surface area contributed by atoms with Crippen LogP contribution in [0.5, 0.6) is 5.75 Å². The average molecular weight is 223 g/mol. The molecule has 0 radical (unpaired) electrons. The number of carboxylic acid groups (broad SMARTS) is 1. The number of aliphatic imine (C=N–C) groups is 1. The Balaban J connectivity index is 2.21. The van der Waals surface area contributed by atoms with Crippen molar-refractivity contribution in [2.45, 2.75) is 5.25 Å². The fourth-order valence-corrected chi connectivity index (χ4v) is 2.27. The minimum Gasteiger partial charge on any atom is -0.507 e. The summed E-state index contributed by atoms with van der Waals surface area (Å²) < 4.78 is 0.